The second-order valence-electron chi connectivity index (χ2n) is 8.32. The van der Waals surface area contributed by atoms with Gasteiger partial charge in [0.1, 0.15) is 18.1 Å². The molecular formula is C32H30O4. The van der Waals surface area contributed by atoms with Crippen LogP contribution in [0, 0.1) is 0 Å². The summed E-state index contributed by atoms with van der Waals surface area (Å²) in [6.45, 7) is 0.233. The number of rotatable bonds is 11. The van der Waals surface area contributed by atoms with Crippen LogP contribution in [0.1, 0.15) is 36.0 Å². The first kappa shape index (κ1) is 25.0. The van der Waals surface area contributed by atoms with Gasteiger partial charge in [-0.3, -0.25) is 4.79 Å². The number of hydrogen-bond donors (Lipinski definition) is 1. The van der Waals surface area contributed by atoms with Crippen LogP contribution >= 0.6 is 0 Å². The van der Waals surface area contributed by atoms with Crippen LogP contribution in [0.15, 0.2) is 115 Å². The average Bonchev–Trinajstić information content (AvgIpc) is 2.93. The van der Waals surface area contributed by atoms with Gasteiger partial charge in [-0.2, -0.15) is 0 Å². The second kappa shape index (κ2) is 13.1. The molecule has 4 rings (SSSR count). The molecular weight excluding hydrogens is 448 g/mol. The SMILES string of the molecule is O=C(CCC/C(=C(\c1ccccc1)c1ccc(OCCO)cc1)c1ccccc1)Oc1ccccc1. The van der Waals surface area contributed by atoms with Gasteiger partial charge in [0.2, 0.25) is 0 Å². The lowest BCUT2D eigenvalue weighted by molar-refractivity contribution is -0.134. The molecule has 36 heavy (non-hydrogen) atoms. The van der Waals surface area contributed by atoms with Gasteiger partial charge in [0.05, 0.1) is 6.61 Å². The largest absolute Gasteiger partial charge is 0.491 e. The number of esters is 1. The van der Waals surface area contributed by atoms with Crippen molar-refractivity contribution in [3.05, 3.63) is 132 Å². The van der Waals surface area contributed by atoms with Crippen molar-refractivity contribution in [2.75, 3.05) is 13.2 Å². The first-order valence-electron chi connectivity index (χ1n) is 12.2. The molecule has 182 valence electrons. The van der Waals surface area contributed by atoms with Crippen LogP contribution in [-0.2, 0) is 4.79 Å². The van der Waals surface area contributed by atoms with E-state index in [2.05, 4.69) is 24.3 Å². The highest BCUT2D eigenvalue weighted by Gasteiger charge is 2.15. The third-order valence-corrected chi connectivity index (χ3v) is 5.77. The second-order valence-corrected chi connectivity index (χ2v) is 8.32. The lowest BCUT2D eigenvalue weighted by Gasteiger charge is -2.18. The Bertz CT molecular complexity index is 1250. The summed E-state index contributed by atoms with van der Waals surface area (Å²) in [5.41, 5.74) is 5.56. The molecule has 0 aromatic heterocycles. The van der Waals surface area contributed by atoms with E-state index in [4.69, 9.17) is 14.6 Å². The number of aliphatic hydroxyl groups excluding tert-OH is 1. The molecule has 0 spiro atoms. The van der Waals surface area contributed by atoms with Gasteiger partial charge in [-0.1, -0.05) is 91.0 Å². The van der Waals surface area contributed by atoms with E-state index in [1.54, 1.807) is 12.1 Å². The molecule has 0 unspecified atom stereocenters. The van der Waals surface area contributed by atoms with Gasteiger partial charge in [0, 0.05) is 6.42 Å². The fourth-order valence-corrected chi connectivity index (χ4v) is 4.13. The standard InChI is InChI=1S/C32H30O4/c33-23-24-35-28-21-19-27(20-22-28)32(26-13-6-2-7-14-26)30(25-11-4-1-5-12-25)17-10-18-31(34)36-29-15-8-3-9-16-29/h1-9,11-16,19-22,33H,10,17-18,23-24H2/b32-30-. The molecule has 1 N–H and O–H groups in total. The molecule has 4 nitrogen and oxygen atoms in total. The first-order chi connectivity index (χ1) is 17.7. The molecule has 0 radical (unpaired) electrons. The van der Waals surface area contributed by atoms with Crippen molar-refractivity contribution in [2.24, 2.45) is 0 Å². The summed E-state index contributed by atoms with van der Waals surface area (Å²) in [6, 6.07) is 37.7. The Morgan fingerprint density at radius 1 is 0.611 bits per heavy atom. The predicted molar refractivity (Wildman–Crippen MR) is 144 cm³/mol. The number of benzene rings is 4. The van der Waals surface area contributed by atoms with Crippen molar-refractivity contribution in [3.63, 3.8) is 0 Å². The van der Waals surface area contributed by atoms with Gasteiger partial charge in [0.25, 0.3) is 0 Å². The number of aliphatic hydroxyl groups is 1. The fourth-order valence-electron chi connectivity index (χ4n) is 4.13. The normalized spacial score (nSPS) is 11.5. The van der Waals surface area contributed by atoms with E-state index in [1.807, 2.05) is 78.9 Å². The molecule has 0 amide bonds. The maximum Gasteiger partial charge on any atom is 0.311 e. The molecule has 0 saturated heterocycles. The minimum Gasteiger partial charge on any atom is -0.491 e. The molecule has 4 aromatic rings. The van der Waals surface area contributed by atoms with Gasteiger partial charge < -0.3 is 14.6 Å². The fraction of sp³-hybridized carbons (Fsp3) is 0.156. The van der Waals surface area contributed by atoms with Crippen LogP contribution < -0.4 is 9.47 Å². The summed E-state index contributed by atoms with van der Waals surface area (Å²) in [5.74, 6) is 1.04. The Hall–Kier alpha value is -4.15. The summed E-state index contributed by atoms with van der Waals surface area (Å²) < 4.78 is 11.1. The van der Waals surface area contributed by atoms with Crippen LogP contribution in [0.3, 0.4) is 0 Å². The van der Waals surface area contributed by atoms with E-state index in [0.29, 0.717) is 30.8 Å². The van der Waals surface area contributed by atoms with Crippen molar-refractivity contribution in [1.29, 1.82) is 0 Å². The molecule has 0 saturated carbocycles. The predicted octanol–water partition coefficient (Wildman–Crippen LogP) is 6.79. The molecule has 0 atom stereocenters. The van der Waals surface area contributed by atoms with Crippen molar-refractivity contribution >= 4 is 17.1 Å². The summed E-state index contributed by atoms with van der Waals surface area (Å²) >= 11 is 0. The summed E-state index contributed by atoms with van der Waals surface area (Å²) in [6.07, 6.45) is 1.69. The lowest BCUT2D eigenvalue weighted by Crippen LogP contribution is -2.07. The van der Waals surface area contributed by atoms with Gasteiger partial charge in [-0.05, 0) is 64.9 Å². The zero-order chi connectivity index (χ0) is 25.0. The first-order valence-corrected chi connectivity index (χ1v) is 12.2. The Morgan fingerprint density at radius 2 is 1.17 bits per heavy atom. The minimum absolute atomic E-state index is 0.0260. The van der Waals surface area contributed by atoms with Crippen LogP contribution in [-0.4, -0.2) is 24.3 Å². The van der Waals surface area contributed by atoms with Crippen molar-refractivity contribution in [3.8, 4) is 11.5 Å². The van der Waals surface area contributed by atoms with E-state index in [9.17, 15) is 4.79 Å². The molecule has 0 aliphatic carbocycles. The molecule has 0 fully saturated rings. The smallest absolute Gasteiger partial charge is 0.311 e. The summed E-state index contributed by atoms with van der Waals surface area (Å²) in [4.78, 5) is 12.5. The van der Waals surface area contributed by atoms with Crippen molar-refractivity contribution < 1.29 is 19.4 Å². The van der Waals surface area contributed by atoms with Crippen LogP contribution in [0.4, 0.5) is 0 Å². The van der Waals surface area contributed by atoms with Crippen LogP contribution in [0.25, 0.3) is 11.1 Å². The Balaban J connectivity index is 1.65. The van der Waals surface area contributed by atoms with Gasteiger partial charge in [0.15, 0.2) is 0 Å². The molecule has 0 heterocycles. The van der Waals surface area contributed by atoms with E-state index in [1.165, 1.54) is 5.57 Å². The van der Waals surface area contributed by atoms with Crippen LogP contribution in [0.2, 0.25) is 0 Å². The maximum absolute atomic E-state index is 12.5. The number of hydrogen-bond acceptors (Lipinski definition) is 4. The highest BCUT2D eigenvalue weighted by Crippen LogP contribution is 2.36. The van der Waals surface area contributed by atoms with Gasteiger partial charge in [-0.15, -0.1) is 0 Å². The average molecular weight is 479 g/mol. The highest BCUT2D eigenvalue weighted by molar-refractivity contribution is 5.98. The van der Waals surface area contributed by atoms with E-state index in [0.717, 1.165) is 22.3 Å². The Kier molecular flexibility index (Phi) is 9.07. The lowest BCUT2D eigenvalue weighted by atomic mass is 9.87. The monoisotopic (exact) mass is 478 g/mol. The van der Waals surface area contributed by atoms with Gasteiger partial charge >= 0.3 is 5.97 Å². The highest BCUT2D eigenvalue weighted by atomic mass is 16.5. The Morgan fingerprint density at radius 3 is 1.78 bits per heavy atom. The zero-order valence-corrected chi connectivity index (χ0v) is 20.2. The number of carbonyl (C=O) groups is 1. The molecule has 4 heteroatoms. The quantitative estimate of drug-likeness (QED) is 0.146. The number of carbonyl (C=O) groups excluding carboxylic acids is 1. The third-order valence-electron chi connectivity index (χ3n) is 5.77. The minimum atomic E-state index is -0.236. The van der Waals surface area contributed by atoms with Crippen molar-refractivity contribution in [2.45, 2.75) is 19.3 Å². The number of ether oxygens (including phenoxy) is 2. The topological polar surface area (TPSA) is 55.8 Å². The third kappa shape index (κ3) is 6.94. The van der Waals surface area contributed by atoms with Gasteiger partial charge in [-0.25, -0.2) is 0 Å². The molecule has 0 bridgehead atoms. The summed E-state index contributed by atoms with van der Waals surface area (Å²) in [7, 11) is 0. The molecule has 0 aliphatic heterocycles. The van der Waals surface area contributed by atoms with E-state index < -0.39 is 0 Å². The number of para-hydroxylation sites is 1. The molecule has 4 aromatic carbocycles. The van der Waals surface area contributed by atoms with Crippen LogP contribution in [0.5, 0.6) is 11.5 Å². The summed E-state index contributed by atoms with van der Waals surface area (Å²) in [5, 5.41) is 9.06. The molecule has 0 aliphatic rings. The maximum atomic E-state index is 12.5. The van der Waals surface area contributed by atoms with E-state index >= 15 is 0 Å². The Labute approximate surface area is 212 Å². The zero-order valence-electron chi connectivity index (χ0n) is 20.2. The van der Waals surface area contributed by atoms with E-state index in [-0.39, 0.29) is 19.2 Å². The van der Waals surface area contributed by atoms with Crippen molar-refractivity contribution in [1.82, 2.24) is 0 Å². The number of allylic oxidation sites excluding steroid dienone is 1.